The van der Waals surface area contributed by atoms with Crippen LogP contribution in [-0.2, 0) is 11.8 Å². The van der Waals surface area contributed by atoms with E-state index in [4.69, 9.17) is 4.74 Å². The molecule has 1 N–H and O–H groups in total. The number of nitrogens with one attached hydrogen (secondary N) is 1. The van der Waals surface area contributed by atoms with E-state index in [0.717, 1.165) is 10.8 Å². The maximum atomic E-state index is 12.0. The van der Waals surface area contributed by atoms with Gasteiger partial charge in [0.2, 0.25) is 0 Å². The number of methoxy groups -OCH3 is 1. The highest BCUT2D eigenvalue weighted by Crippen LogP contribution is 2.22. The minimum absolute atomic E-state index is 0.139. The summed E-state index contributed by atoms with van der Waals surface area (Å²) in [5.74, 6) is 0. The van der Waals surface area contributed by atoms with Crippen LogP contribution in [0.1, 0.15) is 5.69 Å². The number of nitrogens with zero attached hydrogens (tertiary/aromatic N) is 3. The molecule has 102 valence electrons. The van der Waals surface area contributed by atoms with E-state index in [1.54, 1.807) is 20.2 Å². The zero-order valence-electron chi connectivity index (χ0n) is 11.1. The molecular formula is C12H16N4O2S. The number of aryl methyl sites for hydroxylation is 2. The number of aromatic nitrogens is 3. The van der Waals surface area contributed by atoms with E-state index < -0.39 is 0 Å². The molecule has 0 saturated heterocycles. The molecule has 0 aliphatic heterocycles. The van der Waals surface area contributed by atoms with Crippen LogP contribution in [0.15, 0.2) is 16.2 Å². The fourth-order valence-electron chi connectivity index (χ4n) is 1.68. The third-order valence-electron chi connectivity index (χ3n) is 2.55. The van der Waals surface area contributed by atoms with E-state index in [-0.39, 0.29) is 5.56 Å². The Balaban J connectivity index is 2.25. The van der Waals surface area contributed by atoms with Gasteiger partial charge in [-0.3, -0.25) is 4.79 Å². The van der Waals surface area contributed by atoms with Crippen molar-refractivity contribution in [2.45, 2.75) is 6.92 Å². The lowest BCUT2D eigenvalue weighted by molar-refractivity contribution is 0.211. The first kappa shape index (κ1) is 13.7. The van der Waals surface area contributed by atoms with Gasteiger partial charge in [-0.15, -0.1) is 11.3 Å². The first-order valence-electron chi connectivity index (χ1n) is 5.85. The van der Waals surface area contributed by atoms with E-state index in [0.29, 0.717) is 24.4 Å². The van der Waals surface area contributed by atoms with Gasteiger partial charge < -0.3 is 10.1 Å². The van der Waals surface area contributed by atoms with Crippen LogP contribution in [0.4, 0.5) is 5.13 Å². The summed E-state index contributed by atoms with van der Waals surface area (Å²) < 4.78 is 6.29. The molecule has 0 radical (unpaired) electrons. The lowest BCUT2D eigenvalue weighted by atomic mass is 10.2. The summed E-state index contributed by atoms with van der Waals surface area (Å²) in [5, 5.41) is 9.86. The van der Waals surface area contributed by atoms with Crippen molar-refractivity contribution >= 4 is 16.5 Å². The fraction of sp³-hybridized carbons (Fsp3) is 0.417. The predicted octanol–water partition coefficient (Wildman–Crippen LogP) is 1.27. The molecule has 0 fully saturated rings. The monoisotopic (exact) mass is 280 g/mol. The van der Waals surface area contributed by atoms with Gasteiger partial charge >= 0.3 is 0 Å². The Bertz CT molecular complexity index is 620. The Morgan fingerprint density at radius 1 is 1.53 bits per heavy atom. The Morgan fingerprint density at radius 2 is 2.32 bits per heavy atom. The van der Waals surface area contributed by atoms with E-state index in [2.05, 4.69) is 15.4 Å². The summed E-state index contributed by atoms with van der Waals surface area (Å²) in [5.41, 5.74) is 1.90. The van der Waals surface area contributed by atoms with Crippen molar-refractivity contribution in [1.82, 2.24) is 14.8 Å². The van der Waals surface area contributed by atoms with E-state index in [1.165, 1.54) is 16.0 Å². The van der Waals surface area contributed by atoms with Crippen LogP contribution in [0.3, 0.4) is 0 Å². The maximum Gasteiger partial charge on any atom is 0.275 e. The molecule has 0 aromatic carbocycles. The minimum Gasteiger partial charge on any atom is -0.383 e. The van der Waals surface area contributed by atoms with Crippen LogP contribution in [0.25, 0.3) is 11.3 Å². The van der Waals surface area contributed by atoms with Gasteiger partial charge in [0.15, 0.2) is 5.13 Å². The molecule has 7 heteroatoms. The lowest BCUT2D eigenvalue weighted by Gasteiger charge is -2.02. The zero-order chi connectivity index (χ0) is 13.8. The number of rotatable bonds is 5. The molecule has 0 spiro atoms. The largest absolute Gasteiger partial charge is 0.383 e. The molecule has 0 atom stereocenters. The molecule has 2 heterocycles. The molecule has 0 amide bonds. The summed E-state index contributed by atoms with van der Waals surface area (Å²) in [7, 11) is 3.29. The van der Waals surface area contributed by atoms with Crippen molar-refractivity contribution < 1.29 is 4.74 Å². The highest BCUT2D eigenvalue weighted by Gasteiger charge is 2.10. The summed E-state index contributed by atoms with van der Waals surface area (Å²) in [6.07, 6.45) is 0. The Labute approximate surface area is 115 Å². The van der Waals surface area contributed by atoms with Gasteiger partial charge in [-0.05, 0) is 13.0 Å². The molecule has 2 rings (SSSR count). The molecule has 2 aromatic heterocycles. The number of hydrogen-bond acceptors (Lipinski definition) is 6. The van der Waals surface area contributed by atoms with Crippen molar-refractivity contribution in [3.63, 3.8) is 0 Å². The van der Waals surface area contributed by atoms with Crippen molar-refractivity contribution in [3.8, 4) is 11.3 Å². The van der Waals surface area contributed by atoms with Crippen molar-refractivity contribution in [2.24, 2.45) is 7.05 Å². The van der Waals surface area contributed by atoms with Gasteiger partial charge in [0.1, 0.15) is 0 Å². The molecule has 19 heavy (non-hydrogen) atoms. The van der Waals surface area contributed by atoms with E-state index in [9.17, 15) is 4.79 Å². The first-order chi connectivity index (χ1) is 9.11. The SMILES string of the molecule is COCCNc1nc(-c2cc(C)nn(C)c2=O)cs1. The van der Waals surface area contributed by atoms with Gasteiger partial charge in [0, 0.05) is 26.1 Å². The van der Waals surface area contributed by atoms with Crippen LogP contribution in [0.5, 0.6) is 0 Å². The molecule has 0 aliphatic carbocycles. The Kier molecular flexibility index (Phi) is 4.28. The molecule has 0 aliphatic rings. The molecule has 2 aromatic rings. The fourth-order valence-corrected chi connectivity index (χ4v) is 2.42. The smallest absolute Gasteiger partial charge is 0.275 e. The van der Waals surface area contributed by atoms with Crippen LogP contribution in [0, 0.1) is 6.92 Å². The minimum atomic E-state index is -0.139. The van der Waals surface area contributed by atoms with Crippen LogP contribution >= 0.6 is 11.3 Å². The third-order valence-corrected chi connectivity index (χ3v) is 3.35. The standard InChI is InChI=1S/C12H16N4O2S/c1-8-6-9(11(17)16(2)15-8)10-7-19-12(14-10)13-4-5-18-3/h6-7H,4-5H2,1-3H3,(H,13,14). The normalized spacial score (nSPS) is 10.7. The Morgan fingerprint density at radius 3 is 3.05 bits per heavy atom. The average Bonchev–Trinajstić information content (AvgIpc) is 2.83. The number of hydrogen-bond donors (Lipinski definition) is 1. The Hall–Kier alpha value is -1.73. The third kappa shape index (κ3) is 3.18. The molecule has 0 unspecified atom stereocenters. The summed E-state index contributed by atoms with van der Waals surface area (Å²) in [6.45, 7) is 3.16. The number of anilines is 1. The molecular weight excluding hydrogens is 264 g/mol. The lowest BCUT2D eigenvalue weighted by Crippen LogP contribution is -2.22. The van der Waals surface area contributed by atoms with Gasteiger partial charge in [-0.2, -0.15) is 5.10 Å². The molecule has 0 saturated carbocycles. The van der Waals surface area contributed by atoms with Gasteiger partial charge in [-0.25, -0.2) is 9.67 Å². The van der Waals surface area contributed by atoms with E-state index >= 15 is 0 Å². The highest BCUT2D eigenvalue weighted by atomic mass is 32.1. The summed E-state index contributed by atoms with van der Waals surface area (Å²) in [6, 6.07) is 1.76. The topological polar surface area (TPSA) is 69.0 Å². The molecule has 6 nitrogen and oxygen atoms in total. The number of ether oxygens (including phenoxy) is 1. The number of thiazole rings is 1. The maximum absolute atomic E-state index is 12.0. The first-order valence-corrected chi connectivity index (χ1v) is 6.73. The van der Waals surface area contributed by atoms with Gasteiger partial charge in [0.05, 0.1) is 23.6 Å². The van der Waals surface area contributed by atoms with Crippen LogP contribution in [-0.4, -0.2) is 35.0 Å². The summed E-state index contributed by atoms with van der Waals surface area (Å²) in [4.78, 5) is 16.4. The van der Waals surface area contributed by atoms with Crippen LogP contribution < -0.4 is 10.9 Å². The zero-order valence-corrected chi connectivity index (χ0v) is 12.0. The van der Waals surface area contributed by atoms with Crippen molar-refractivity contribution in [1.29, 1.82) is 0 Å². The predicted molar refractivity (Wildman–Crippen MR) is 75.7 cm³/mol. The summed E-state index contributed by atoms with van der Waals surface area (Å²) >= 11 is 1.47. The quantitative estimate of drug-likeness (QED) is 0.835. The second kappa shape index (κ2) is 5.94. The van der Waals surface area contributed by atoms with E-state index in [1.807, 2.05) is 12.3 Å². The average molecular weight is 280 g/mol. The molecule has 0 bridgehead atoms. The second-order valence-corrected chi connectivity index (χ2v) is 4.94. The second-order valence-electron chi connectivity index (χ2n) is 4.09. The van der Waals surface area contributed by atoms with Crippen LogP contribution in [0.2, 0.25) is 0 Å². The van der Waals surface area contributed by atoms with Crippen molar-refractivity contribution in [3.05, 3.63) is 27.5 Å². The highest BCUT2D eigenvalue weighted by molar-refractivity contribution is 7.14. The van der Waals surface area contributed by atoms with Gasteiger partial charge in [-0.1, -0.05) is 0 Å². The van der Waals surface area contributed by atoms with Gasteiger partial charge in [0.25, 0.3) is 5.56 Å². The van der Waals surface area contributed by atoms with Crippen molar-refractivity contribution in [2.75, 3.05) is 25.6 Å².